The van der Waals surface area contributed by atoms with Crippen molar-refractivity contribution in [1.82, 2.24) is 9.21 Å². The van der Waals surface area contributed by atoms with E-state index in [-0.39, 0.29) is 30.2 Å². The van der Waals surface area contributed by atoms with Crippen molar-refractivity contribution in [1.29, 1.82) is 0 Å². The van der Waals surface area contributed by atoms with Gasteiger partial charge in [0.15, 0.2) is 0 Å². The molecule has 3 aromatic carbocycles. The number of rotatable bonds is 8. The van der Waals surface area contributed by atoms with Gasteiger partial charge in [-0.2, -0.15) is 17.5 Å². The molecule has 0 spiro atoms. The van der Waals surface area contributed by atoms with Gasteiger partial charge >= 0.3 is 6.18 Å². The molecule has 0 bridgehead atoms. The summed E-state index contributed by atoms with van der Waals surface area (Å²) in [6, 6.07) is 13.8. The highest BCUT2D eigenvalue weighted by Gasteiger charge is 2.33. The molecule has 3 aromatic rings. The Balaban J connectivity index is 1.43. The highest BCUT2D eigenvalue weighted by Crippen LogP contribution is 2.31. The normalized spacial score (nSPS) is 16.5. The van der Waals surface area contributed by atoms with E-state index < -0.39 is 39.5 Å². The molecule has 1 aliphatic heterocycles. The van der Waals surface area contributed by atoms with Crippen molar-refractivity contribution >= 4 is 21.6 Å². The first-order valence-electron chi connectivity index (χ1n) is 11.6. The summed E-state index contributed by atoms with van der Waals surface area (Å²) in [5.41, 5.74) is -0.394. The van der Waals surface area contributed by atoms with Crippen LogP contribution in [0.15, 0.2) is 71.6 Å². The van der Waals surface area contributed by atoms with Gasteiger partial charge in [0.25, 0.3) is 0 Å². The van der Waals surface area contributed by atoms with E-state index in [2.05, 4.69) is 0 Å². The lowest BCUT2D eigenvalue weighted by molar-refractivity contribution is -0.137. The molecular weight excluding hydrogens is 551 g/mol. The van der Waals surface area contributed by atoms with Crippen molar-refractivity contribution in [2.75, 3.05) is 32.7 Å². The van der Waals surface area contributed by atoms with E-state index in [1.807, 2.05) is 4.90 Å². The highest BCUT2D eigenvalue weighted by molar-refractivity contribution is 7.89. The number of benzene rings is 3. The molecule has 0 N–H and O–H groups in total. The fourth-order valence-corrected chi connectivity index (χ4v) is 5.69. The van der Waals surface area contributed by atoms with Crippen LogP contribution >= 0.6 is 11.6 Å². The number of alkyl halides is 3. The second-order valence-corrected chi connectivity index (χ2v) is 11.2. The second-order valence-electron chi connectivity index (χ2n) is 8.78. The third kappa shape index (κ3) is 6.70. The molecule has 1 heterocycles. The van der Waals surface area contributed by atoms with Crippen LogP contribution in [-0.2, 0) is 27.5 Å². The molecule has 0 aromatic heterocycles. The van der Waals surface area contributed by atoms with E-state index in [4.69, 9.17) is 16.3 Å². The molecule has 0 unspecified atom stereocenters. The van der Waals surface area contributed by atoms with E-state index >= 15 is 0 Å². The van der Waals surface area contributed by atoms with Crippen LogP contribution in [-0.4, -0.2) is 50.3 Å². The third-order valence-electron chi connectivity index (χ3n) is 6.31. The van der Waals surface area contributed by atoms with Crippen LogP contribution in [0.5, 0.6) is 0 Å². The summed E-state index contributed by atoms with van der Waals surface area (Å²) in [6.45, 7) is 0.861. The molecule has 0 saturated carbocycles. The van der Waals surface area contributed by atoms with E-state index in [9.17, 15) is 30.4 Å². The average molecular weight is 575 g/mol. The highest BCUT2D eigenvalue weighted by atomic mass is 35.5. The summed E-state index contributed by atoms with van der Waals surface area (Å²) < 4.78 is 99.8. The first kappa shape index (κ1) is 28.4. The van der Waals surface area contributed by atoms with E-state index in [0.717, 1.165) is 42.0 Å². The summed E-state index contributed by atoms with van der Waals surface area (Å²) in [7, 11) is -3.98. The Bertz CT molecular complexity index is 1320. The fourth-order valence-electron chi connectivity index (χ4n) is 4.14. The molecule has 12 heteroatoms. The monoisotopic (exact) mass is 574 g/mol. The molecule has 4 rings (SSSR count). The van der Waals surface area contributed by atoms with Gasteiger partial charge < -0.3 is 4.74 Å². The maximum Gasteiger partial charge on any atom is 0.416 e. The lowest BCUT2D eigenvalue weighted by Crippen LogP contribution is -2.49. The van der Waals surface area contributed by atoms with Gasteiger partial charge in [-0.3, -0.25) is 4.90 Å². The molecule has 5 nitrogen and oxygen atoms in total. The van der Waals surface area contributed by atoms with Gasteiger partial charge in [-0.05, 0) is 54.1 Å². The van der Waals surface area contributed by atoms with Crippen molar-refractivity contribution in [3.8, 4) is 0 Å². The molecule has 1 saturated heterocycles. The molecule has 0 amide bonds. The van der Waals surface area contributed by atoms with Crippen molar-refractivity contribution < 1.29 is 35.1 Å². The Morgan fingerprint density at radius 3 is 2.00 bits per heavy atom. The first-order chi connectivity index (χ1) is 17.9. The number of sulfonamides is 1. The minimum atomic E-state index is -4.56. The Morgan fingerprint density at radius 1 is 0.868 bits per heavy atom. The van der Waals surface area contributed by atoms with E-state index in [0.29, 0.717) is 24.7 Å². The molecule has 1 atom stereocenters. The predicted molar refractivity (Wildman–Crippen MR) is 132 cm³/mol. The maximum atomic E-state index is 14.1. The fraction of sp³-hybridized carbons (Fsp3) is 0.308. The zero-order chi connectivity index (χ0) is 27.5. The lowest BCUT2D eigenvalue weighted by atomic mass is 10.1. The molecule has 1 aliphatic rings. The van der Waals surface area contributed by atoms with Crippen molar-refractivity contribution in [3.05, 3.63) is 100 Å². The van der Waals surface area contributed by atoms with Crippen LogP contribution in [0.2, 0.25) is 5.02 Å². The number of hydrogen-bond acceptors (Lipinski definition) is 4. The average Bonchev–Trinajstić information content (AvgIpc) is 2.88. The largest absolute Gasteiger partial charge is 0.416 e. The number of nitrogens with zero attached hydrogens (tertiary/aromatic N) is 2. The second kappa shape index (κ2) is 11.7. The molecule has 0 radical (unpaired) electrons. The van der Waals surface area contributed by atoms with Crippen molar-refractivity contribution in [3.63, 3.8) is 0 Å². The number of ether oxygens (including phenoxy) is 1. The number of halogens is 6. The third-order valence-corrected chi connectivity index (χ3v) is 8.47. The molecule has 38 heavy (non-hydrogen) atoms. The Morgan fingerprint density at radius 2 is 1.45 bits per heavy atom. The van der Waals surface area contributed by atoms with Gasteiger partial charge in [0.2, 0.25) is 10.0 Å². The number of hydrogen-bond donors (Lipinski definition) is 0. The van der Waals surface area contributed by atoms with Gasteiger partial charge in [-0.1, -0.05) is 29.8 Å². The van der Waals surface area contributed by atoms with Gasteiger partial charge in [0.1, 0.15) is 11.6 Å². The first-order valence-corrected chi connectivity index (χ1v) is 13.5. The zero-order valence-corrected chi connectivity index (χ0v) is 21.5. The summed E-state index contributed by atoms with van der Waals surface area (Å²) in [5, 5.41) is 0.509. The predicted octanol–water partition coefficient (Wildman–Crippen LogP) is 5.90. The van der Waals surface area contributed by atoms with Crippen LogP contribution in [0.25, 0.3) is 0 Å². The minimum Gasteiger partial charge on any atom is -0.367 e. The molecule has 1 fully saturated rings. The Kier molecular flexibility index (Phi) is 8.73. The molecular formula is C26H24ClF5N2O3S. The lowest BCUT2D eigenvalue weighted by Gasteiger charge is -2.36. The summed E-state index contributed by atoms with van der Waals surface area (Å²) in [4.78, 5) is 1.74. The molecule has 204 valence electrons. The van der Waals surface area contributed by atoms with E-state index in [1.54, 1.807) is 24.3 Å². The van der Waals surface area contributed by atoms with Crippen molar-refractivity contribution in [2.24, 2.45) is 0 Å². The standard InChI is InChI=1S/C26H24ClF5N2O3S/c27-20-8-4-18(5-9-20)25(37-17-22-23(28)2-1-3-24(22)29)16-33-12-14-34(15-13-33)38(35,36)21-10-6-19(7-11-21)26(30,31)32/h1-11,25H,12-17H2/t25-/m1/s1. The zero-order valence-electron chi connectivity index (χ0n) is 20.0. The number of piperazine rings is 1. The van der Waals surface area contributed by atoms with Crippen LogP contribution in [0.4, 0.5) is 22.0 Å². The van der Waals surface area contributed by atoms with Gasteiger partial charge in [-0.15, -0.1) is 0 Å². The molecule has 0 aliphatic carbocycles. The van der Waals surface area contributed by atoms with Crippen LogP contribution in [0.1, 0.15) is 22.8 Å². The maximum absolute atomic E-state index is 14.1. The summed E-state index contributed by atoms with van der Waals surface area (Å²) in [5.74, 6) is -1.44. The van der Waals surface area contributed by atoms with Gasteiger partial charge in [0.05, 0.1) is 23.2 Å². The Labute approximate surface area is 222 Å². The van der Waals surface area contributed by atoms with Crippen LogP contribution < -0.4 is 0 Å². The summed E-state index contributed by atoms with van der Waals surface area (Å²) in [6.07, 6.45) is -5.15. The summed E-state index contributed by atoms with van der Waals surface area (Å²) >= 11 is 5.99. The SMILES string of the molecule is O=S(=O)(c1ccc(C(F)(F)F)cc1)N1CCN(C[C@@H](OCc2c(F)cccc2F)c2ccc(Cl)cc2)CC1. The van der Waals surface area contributed by atoms with Crippen LogP contribution in [0, 0.1) is 11.6 Å². The smallest absolute Gasteiger partial charge is 0.367 e. The van der Waals surface area contributed by atoms with Crippen LogP contribution in [0.3, 0.4) is 0 Å². The quantitative estimate of drug-likeness (QED) is 0.314. The minimum absolute atomic E-state index is 0.110. The van der Waals surface area contributed by atoms with Gasteiger partial charge in [0, 0.05) is 43.3 Å². The topological polar surface area (TPSA) is 49.9 Å². The van der Waals surface area contributed by atoms with Gasteiger partial charge in [-0.25, -0.2) is 17.2 Å². The van der Waals surface area contributed by atoms with E-state index in [1.165, 1.54) is 10.4 Å². The van der Waals surface area contributed by atoms with Crippen molar-refractivity contribution in [2.45, 2.75) is 23.8 Å². The Hall–Kier alpha value is -2.57.